The molecule has 1 rings (SSSR count). The molecule has 14 heavy (non-hydrogen) atoms. The highest BCUT2D eigenvalue weighted by Gasteiger charge is 2.32. The van der Waals surface area contributed by atoms with Crippen LogP contribution in [0.5, 0.6) is 0 Å². The Bertz CT molecular complexity index is 203. The van der Waals surface area contributed by atoms with Gasteiger partial charge in [0.05, 0.1) is 0 Å². The van der Waals surface area contributed by atoms with Gasteiger partial charge in [0.15, 0.2) is 0 Å². The van der Waals surface area contributed by atoms with Crippen LogP contribution in [0.15, 0.2) is 0 Å². The highest BCUT2D eigenvalue weighted by atomic mass is 16.1. The van der Waals surface area contributed by atoms with Crippen molar-refractivity contribution >= 4 is 5.91 Å². The van der Waals surface area contributed by atoms with Crippen LogP contribution in [0.1, 0.15) is 33.6 Å². The van der Waals surface area contributed by atoms with E-state index in [1.165, 1.54) is 6.42 Å². The van der Waals surface area contributed by atoms with Crippen molar-refractivity contribution in [1.29, 1.82) is 0 Å². The first-order valence-corrected chi connectivity index (χ1v) is 5.53. The maximum absolute atomic E-state index is 11.4. The van der Waals surface area contributed by atoms with Crippen molar-refractivity contribution in [3.63, 3.8) is 0 Å². The normalized spacial score (nSPS) is 27.5. The fourth-order valence-electron chi connectivity index (χ4n) is 1.45. The van der Waals surface area contributed by atoms with E-state index in [1.54, 1.807) is 0 Å². The summed E-state index contributed by atoms with van der Waals surface area (Å²) in [7, 11) is 0. The Morgan fingerprint density at radius 1 is 1.57 bits per heavy atom. The SMILES string of the molecule is CC(C)C(N)CC(=O)NCC1CC1C. The molecule has 1 aliphatic carbocycles. The summed E-state index contributed by atoms with van der Waals surface area (Å²) in [4.78, 5) is 11.4. The molecule has 1 aliphatic rings. The molecular weight excluding hydrogens is 176 g/mol. The highest BCUT2D eigenvalue weighted by molar-refractivity contribution is 5.76. The lowest BCUT2D eigenvalue weighted by Crippen LogP contribution is -2.35. The predicted octanol–water partition coefficient (Wildman–Crippen LogP) is 1.13. The Morgan fingerprint density at radius 2 is 2.14 bits per heavy atom. The van der Waals surface area contributed by atoms with Gasteiger partial charge in [-0.1, -0.05) is 20.8 Å². The molecule has 82 valence electrons. The number of nitrogens with one attached hydrogen (secondary N) is 1. The summed E-state index contributed by atoms with van der Waals surface area (Å²) < 4.78 is 0. The molecule has 0 saturated heterocycles. The minimum Gasteiger partial charge on any atom is -0.356 e. The van der Waals surface area contributed by atoms with Crippen LogP contribution >= 0.6 is 0 Å². The predicted molar refractivity (Wildman–Crippen MR) is 57.7 cm³/mol. The van der Waals surface area contributed by atoms with Gasteiger partial charge in [0.2, 0.25) is 5.91 Å². The Morgan fingerprint density at radius 3 is 2.57 bits per heavy atom. The van der Waals surface area contributed by atoms with Crippen LogP contribution < -0.4 is 11.1 Å². The minimum atomic E-state index is -0.00775. The van der Waals surface area contributed by atoms with E-state index >= 15 is 0 Å². The maximum Gasteiger partial charge on any atom is 0.221 e. The molecule has 1 fully saturated rings. The lowest BCUT2D eigenvalue weighted by atomic mass is 10.0. The average Bonchev–Trinajstić information content (AvgIpc) is 2.78. The fourth-order valence-corrected chi connectivity index (χ4v) is 1.45. The van der Waals surface area contributed by atoms with Gasteiger partial charge >= 0.3 is 0 Å². The molecule has 0 spiro atoms. The van der Waals surface area contributed by atoms with E-state index in [9.17, 15) is 4.79 Å². The van der Waals surface area contributed by atoms with E-state index in [4.69, 9.17) is 5.73 Å². The number of hydrogen-bond acceptors (Lipinski definition) is 2. The third kappa shape index (κ3) is 3.66. The molecule has 0 bridgehead atoms. The van der Waals surface area contributed by atoms with Crippen LogP contribution in [0.4, 0.5) is 0 Å². The average molecular weight is 198 g/mol. The molecule has 3 heteroatoms. The lowest BCUT2D eigenvalue weighted by molar-refractivity contribution is -0.121. The second kappa shape index (κ2) is 4.78. The van der Waals surface area contributed by atoms with Gasteiger partial charge < -0.3 is 11.1 Å². The molecule has 1 saturated carbocycles. The van der Waals surface area contributed by atoms with E-state index in [0.29, 0.717) is 18.3 Å². The zero-order valence-corrected chi connectivity index (χ0v) is 9.42. The van der Waals surface area contributed by atoms with Crippen LogP contribution in [0, 0.1) is 17.8 Å². The minimum absolute atomic E-state index is 0.00775. The van der Waals surface area contributed by atoms with Crippen molar-refractivity contribution in [2.24, 2.45) is 23.5 Å². The molecule has 0 radical (unpaired) electrons. The number of hydrogen-bond donors (Lipinski definition) is 2. The third-order valence-electron chi connectivity index (χ3n) is 3.11. The number of amides is 1. The molecule has 3 N–H and O–H groups in total. The highest BCUT2D eigenvalue weighted by Crippen LogP contribution is 2.36. The van der Waals surface area contributed by atoms with Crippen LogP contribution in [0.3, 0.4) is 0 Å². The quantitative estimate of drug-likeness (QED) is 0.696. The molecule has 0 aromatic rings. The van der Waals surface area contributed by atoms with E-state index in [0.717, 1.165) is 12.5 Å². The molecule has 0 aromatic carbocycles. The van der Waals surface area contributed by atoms with Crippen molar-refractivity contribution < 1.29 is 4.79 Å². The van der Waals surface area contributed by atoms with Gasteiger partial charge in [-0.25, -0.2) is 0 Å². The lowest BCUT2D eigenvalue weighted by Gasteiger charge is -2.14. The summed E-state index contributed by atoms with van der Waals surface area (Å²) in [5.41, 5.74) is 5.81. The first kappa shape index (κ1) is 11.5. The van der Waals surface area contributed by atoms with Crippen molar-refractivity contribution in [2.45, 2.75) is 39.7 Å². The fraction of sp³-hybridized carbons (Fsp3) is 0.909. The maximum atomic E-state index is 11.4. The molecule has 0 heterocycles. The molecule has 3 nitrogen and oxygen atoms in total. The van der Waals surface area contributed by atoms with Gasteiger partial charge in [-0.05, 0) is 24.2 Å². The Balaban J connectivity index is 2.09. The molecule has 3 unspecified atom stereocenters. The van der Waals surface area contributed by atoms with Crippen LogP contribution in [0.2, 0.25) is 0 Å². The Kier molecular flexibility index (Phi) is 3.93. The third-order valence-corrected chi connectivity index (χ3v) is 3.11. The van der Waals surface area contributed by atoms with E-state index in [2.05, 4.69) is 12.2 Å². The molecular formula is C11H22N2O. The van der Waals surface area contributed by atoms with Gasteiger partial charge in [0.25, 0.3) is 0 Å². The summed E-state index contributed by atoms with van der Waals surface area (Å²) >= 11 is 0. The van der Waals surface area contributed by atoms with Gasteiger partial charge in [-0.2, -0.15) is 0 Å². The van der Waals surface area contributed by atoms with Crippen molar-refractivity contribution in [1.82, 2.24) is 5.32 Å². The summed E-state index contributed by atoms with van der Waals surface area (Å²) in [6.45, 7) is 7.14. The van der Waals surface area contributed by atoms with Crippen molar-refractivity contribution in [2.75, 3.05) is 6.54 Å². The van der Waals surface area contributed by atoms with E-state index in [-0.39, 0.29) is 11.9 Å². The molecule has 1 amide bonds. The summed E-state index contributed by atoms with van der Waals surface area (Å²) in [5.74, 6) is 1.99. The molecule has 3 atom stereocenters. The largest absolute Gasteiger partial charge is 0.356 e. The van der Waals surface area contributed by atoms with Gasteiger partial charge in [0.1, 0.15) is 0 Å². The topological polar surface area (TPSA) is 55.1 Å². The molecule has 0 aromatic heterocycles. The zero-order valence-electron chi connectivity index (χ0n) is 9.42. The van der Waals surface area contributed by atoms with Crippen LogP contribution in [-0.4, -0.2) is 18.5 Å². The Labute approximate surface area is 86.4 Å². The first-order chi connectivity index (χ1) is 6.50. The van der Waals surface area contributed by atoms with Crippen LogP contribution in [0.25, 0.3) is 0 Å². The number of carbonyl (C=O) groups excluding carboxylic acids is 1. The summed E-state index contributed by atoms with van der Waals surface area (Å²) in [6.07, 6.45) is 1.72. The second-order valence-corrected chi connectivity index (χ2v) is 4.89. The second-order valence-electron chi connectivity index (χ2n) is 4.89. The number of rotatable bonds is 5. The molecule has 0 aliphatic heterocycles. The van der Waals surface area contributed by atoms with E-state index in [1.807, 2.05) is 13.8 Å². The van der Waals surface area contributed by atoms with Crippen LogP contribution in [-0.2, 0) is 4.79 Å². The van der Waals surface area contributed by atoms with Gasteiger partial charge in [-0.15, -0.1) is 0 Å². The van der Waals surface area contributed by atoms with Crippen molar-refractivity contribution in [3.05, 3.63) is 0 Å². The van der Waals surface area contributed by atoms with Gasteiger partial charge in [0, 0.05) is 19.0 Å². The van der Waals surface area contributed by atoms with Crippen molar-refractivity contribution in [3.8, 4) is 0 Å². The number of nitrogens with two attached hydrogens (primary N) is 1. The van der Waals surface area contributed by atoms with Gasteiger partial charge in [-0.3, -0.25) is 4.79 Å². The summed E-state index contributed by atoms with van der Waals surface area (Å²) in [6, 6.07) is -0.00775. The number of carbonyl (C=O) groups is 1. The Hall–Kier alpha value is -0.570. The standard InChI is InChI=1S/C11H22N2O/c1-7(2)10(12)5-11(14)13-6-9-4-8(9)3/h7-10H,4-6,12H2,1-3H3,(H,13,14). The summed E-state index contributed by atoms with van der Waals surface area (Å²) in [5, 5.41) is 2.94. The first-order valence-electron chi connectivity index (χ1n) is 5.53. The zero-order chi connectivity index (χ0) is 10.7. The van der Waals surface area contributed by atoms with E-state index < -0.39 is 0 Å². The smallest absolute Gasteiger partial charge is 0.221 e. The monoisotopic (exact) mass is 198 g/mol.